The summed E-state index contributed by atoms with van der Waals surface area (Å²) in [4.78, 5) is 6.61. The zero-order valence-corrected chi connectivity index (χ0v) is 12.6. The summed E-state index contributed by atoms with van der Waals surface area (Å²) in [6.45, 7) is 2.13. The van der Waals surface area contributed by atoms with Crippen LogP contribution in [-0.4, -0.2) is 12.0 Å². The van der Waals surface area contributed by atoms with E-state index in [1.807, 2.05) is 30.6 Å². The third-order valence-electron chi connectivity index (χ3n) is 2.89. The molecule has 0 aliphatic carbocycles. The first-order chi connectivity index (χ1) is 8.61. The summed E-state index contributed by atoms with van der Waals surface area (Å²) >= 11 is 13.4. The quantitative estimate of drug-likeness (QED) is 0.759. The van der Waals surface area contributed by atoms with Crippen molar-refractivity contribution < 1.29 is 0 Å². The Bertz CT molecular complexity index is 527. The third kappa shape index (κ3) is 2.97. The second-order valence-corrected chi connectivity index (χ2v) is 5.64. The number of hydrogen-bond acceptors (Lipinski definition) is 3. The first-order valence-corrected chi connectivity index (χ1v) is 7.39. The Morgan fingerprint density at radius 3 is 2.83 bits per heavy atom. The van der Waals surface area contributed by atoms with E-state index in [1.165, 1.54) is 5.56 Å². The Hall–Kier alpha value is -0.770. The third-order valence-corrected chi connectivity index (χ3v) is 4.38. The van der Waals surface area contributed by atoms with Crippen molar-refractivity contribution in [3.63, 3.8) is 0 Å². The van der Waals surface area contributed by atoms with Crippen LogP contribution in [0.1, 0.15) is 24.2 Å². The second-order valence-electron chi connectivity index (χ2n) is 4.10. The molecule has 0 fully saturated rings. The van der Waals surface area contributed by atoms with Crippen LogP contribution < -0.4 is 4.90 Å². The van der Waals surface area contributed by atoms with Crippen molar-refractivity contribution in [3.05, 3.63) is 45.9 Å². The summed E-state index contributed by atoms with van der Waals surface area (Å²) in [5.41, 5.74) is 2.09. The van der Waals surface area contributed by atoms with Crippen LogP contribution in [0.2, 0.25) is 5.02 Å². The molecule has 1 aromatic heterocycles. The van der Waals surface area contributed by atoms with Crippen molar-refractivity contribution in [2.75, 3.05) is 11.9 Å². The Balaban J connectivity index is 2.20. The number of alkyl halides is 1. The Kier molecular flexibility index (Phi) is 4.49. The SMILES string of the molecule is CC(c1cccc(Cl)c1)N(C)c1nc(CCl)cs1. The lowest BCUT2D eigenvalue weighted by Gasteiger charge is -2.24. The Labute approximate surface area is 121 Å². The summed E-state index contributed by atoms with van der Waals surface area (Å²) in [5.74, 6) is 0.454. The van der Waals surface area contributed by atoms with Gasteiger partial charge in [0.15, 0.2) is 5.13 Å². The fraction of sp³-hybridized carbons (Fsp3) is 0.308. The second kappa shape index (κ2) is 5.91. The lowest BCUT2D eigenvalue weighted by atomic mass is 10.1. The topological polar surface area (TPSA) is 16.1 Å². The maximum atomic E-state index is 6.02. The molecule has 1 heterocycles. The number of aromatic nitrogens is 1. The molecular weight excluding hydrogens is 287 g/mol. The van der Waals surface area contributed by atoms with Gasteiger partial charge < -0.3 is 4.90 Å². The largest absolute Gasteiger partial charge is 0.344 e. The maximum absolute atomic E-state index is 6.02. The van der Waals surface area contributed by atoms with E-state index in [9.17, 15) is 0 Å². The van der Waals surface area contributed by atoms with Crippen LogP contribution in [0.5, 0.6) is 0 Å². The van der Waals surface area contributed by atoms with Crippen LogP contribution in [-0.2, 0) is 5.88 Å². The van der Waals surface area contributed by atoms with Crippen LogP contribution in [0, 0.1) is 0 Å². The van der Waals surface area contributed by atoms with Crippen LogP contribution in [0.4, 0.5) is 5.13 Å². The summed E-state index contributed by atoms with van der Waals surface area (Å²) in [7, 11) is 2.03. The van der Waals surface area contributed by atoms with Crippen molar-refractivity contribution in [2.24, 2.45) is 0 Å². The number of thiazole rings is 1. The summed E-state index contributed by atoms with van der Waals surface area (Å²) in [5, 5.41) is 3.72. The first kappa shape index (κ1) is 13.7. The average molecular weight is 301 g/mol. The van der Waals surface area contributed by atoms with Crippen LogP contribution in [0.25, 0.3) is 0 Å². The van der Waals surface area contributed by atoms with Gasteiger partial charge in [-0.15, -0.1) is 22.9 Å². The molecule has 0 bridgehead atoms. The molecule has 0 aliphatic heterocycles. The fourth-order valence-electron chi connectivity index (χ4n) is 1.68. The van der Waals surface area contributed by atoms with Crippen molar-refractivity contribution in [3.8, 4) is 0 Å². The highest BCUT2D eigenvalue weighted by Gasteiger charge is 2.15. The molecule has 2 nitrogen and oxygen atoms in total. The van der Waals surface area contributed by atoms with Gasteiger partial charge in [0, 0.05) is 17.5 Å². The number of hydrogen-bond donors (Lipinski definition) is 0. The van der Waals surface area contributed by atoms with Crippen LogP contribution in [0.3, 0.4) is 0 Å². The van der Waals surface area contributed by atoms with Gasteiger partial charge in [0.25, 0.3) is 0 Å². The minimum absolute atomic E-state index is 0.220. The van der Waals surface area contributed by atoms with Crippen molar-refractivity contribution >= 4 is 39.7 Å². The smallest absolute Gasteiger partial charge is 0.185 e. The molecule has 96 valence electrons. The van der Waals surface area contributed by atoms with Gasteiger partial charge in [-0.3, -0.25) is 0 Å². The van der Waals surface area contributed by atoms with Gasteiger partial charge in [0.1, 0.15) is 0 Å². The molecule has 5 heteroatoms. The highest BCUT2D eigenvalue weighted by molar-refractivity contribution is 7.13. The van der Waals surface area contributed by atoms with E-state index in [4.69, 9.17) is 23.2 Å². The molecule has 0 aliphatic rings. The number of benzene rings is 1. The first-order valence-electron chi connectivity index (χ1n) is 5.60. The highest BCUT2D eigenvalue weighted by atomic mass is 35.5. The van der Waals surface area contributed by atoms with Crippen LogP contribution >= 0.6 is 34.5 Å². The average Bonchev–Trinajstić information content (AvgIpc) is 2.85. The van der Waals surface area contributed by atoms with E-state index < -0.39 is 0 Å². The van der Waals surface area contributed by atoms with Gasteiger partial charge >= 0.3 is 0 Å². The van der Waals surface area contributed by atoms with Gasteiger partial charge in [0.2, 0.25) is 0 Å². The molecule has 0 saturated heterocycles. The minimum Gasteiger partial charge on any atom is -0.344 e. The Morgan fingerprint density at radius 2 is 2.22 bits per heavy atom. The van der Waals surface area contributed by atoms with E-state index >= 15 is 0 Å². The van der Waals surface area contributed by atoms with Gasteiger partial charge in [-0.1, -0.05) is 23.7 Å². The zero-order valence-electron chi connectivity index (χ0n) is 10.2. The molecule has 0 N–H and O–H groups in total. The molecule has 0 saturated carbocycles. The zero-order chi connectivity index (χ0) is 13.1. The standard InChI is InChI=1S/C13H14Cl2N2S/c1-9(10-4-3-5-11(15)6-10)17(2)13-16-12(7-14)8-18-13/h3-6,8-9H,7H2,1-2H3. The molecule has 18 heavy (non-hydrogen) atoms. The number of nitrogens with zero attached hydrogens (tertiary/aromatic N) is 2. The molecule has 2 aromatic rings. The molecule has 1 atom stereocenters. The molecule has 0 spiro atoms. The van der Waals surface area contributed by atoms with E-state index in [-0.39, 0.29) is 6.04 Å². The van der Waals surface area contributed by atoms with Crippen molar-refractivity contribution in [1.82, 2.24) is 4.98 Å². The highest BCUT2D eigenvalue weighted by Crippen LogP contribution is 2.29. The number of anilines is 1. The number of halogens is 2. The number of rotatable bonds is 4. The monoisotopic (exact) mass is 300 g/mol. The normalized spacial score (nSPS) is 12.4. The summed E-state index contributed by atoms with van der Waals surface area (Å²) in [6, 6.07) is 8.13. The van der Waals surface area contributed by atoms with E-state index in [0.717, 1.165) is 15.8 Å². The van der Waals surface area contributed by atoms with E-state index in [1.54, 1.807) is 11.3 Å². The molecule has 1 unspecified atom stereocenters. The minimum atomic E-state index is 0.220. The molecule has 0 amide bonds. The Morgan fingerprint density at radius 1 is 1.44 bits per heavy atom. The summed E-state index contributed by atoms with van der Waals surface area (Å²) in [6.07, 6.45) is 0. The molecule has 1 aromatic carbocycles. The lowest BCUT2D eigenvalue weighted by molar-refractivity contribution is 0.736. The predicted molar refractivity (Wildman–Crippen MR) is 79.9 cm³/mol. The van der Waals surface area contributed by atoms with Crippen LogP contribution in [0.15, 0.2) is 29.6 Å². The van der Waals surface area contributed by atoms with Gasteiger partial charge in [-0.25, -0.2) is 4.98 Å². The summed E-state index contributed by atoms with van der Waals surface area (Å²) < 4.78 is 0. The maximum Gasteiger partial charge on any atom is 0.185 e. The van der Waals surface area contributed by atoms with Gasteiger partial charge in [-0.2, -0.15) is 0 Å². The molecule has 2 rings (SSSR count). The van der Waals surface area contributed by atoms with Crippen molar-refractivity contribution in [1.29, 1.82) is 0 Å². The molecular formula is C13H14Cl2N2S. The van der Waals surface area contributed by atoms with Gasteiger partial charge in [0.05, 0.1) is 17.6 Å². The van der Waals surface area contributed by atoms with E-state index in [2.05, 4.69) is 22.9 Å². The molecule has 0 radical (unpaired) electrons. The van der Waals surface area contributed by atoms with E-state index in [0.29, 0.717) is 5.88 Å². The predicted octanol–water partition coefficient (Wildman–Crippen LogP) is 4.73. The van der Waals surface area contributed by atoms with Crippen molar-refractivity contribution in [2.45, 2.75) is 18.8 Å². The lowest BCUT2D eigenvalue weighted by Crippen LogP contribution is -2.21. The van der Waals surface area contributed by atoms with Gasteiger partial charge in [-0.05, 0) is 24.6 Å². The fourth-order valence-corrected chi connectivity index (χ4v) is 2.97.